The molecule has 1 aromatic rings. The van der Waals surface area contributed by atoms with Crippen LogP contribution in [0.1, 0.15) is 30.1 Å². The van der Waals surface area contributed by atoms with Crippen LogP contribution in [0.2, 0.25) is 5.02 Å². The summed E-state index contributed by atoms with van der Waals surface area (Å²) in [6.45, 7) is 2.54. The maximum absolute atomic E-state index is 12.2. The highest BCUT2D eigenvalue weighted by molar-refractivity contribution is 6.33. The number of anilines is 1. The lowest BCUT2D eigenvalue weighted by atomic mass is 9.98. The van der Waals surface area contributed by atoms with Crippen molar-refractivity contribution in [2.75, 3.05) is 11.9 Å². The highest BCUT2D eigenvalue weighted by Gasteiger charge is 2.33. The number of benzene rings is 1. The van der Waals surface area contributed by atoms with Crippen molar-refractivity contribution in [1.29, 1.82) is 0 Å². The number of carboxylic acids is 1. The summed E-state index contributed by atoms with van der Waals surface area (Å²) < 4.78 is 5.48. The first kappa shape index (κ1) is 14.8. The molecule has 20 heavy (non-hydrogen) atoms. The fourth-order valence-corrected chi connectivity index (χ4v) is 2.50. The van der Waals surface area contributed by atoms with Gasteiger partial charge in [-0.15, -0.1) is 0 Å². The van der Waals surface area contributed by atoms with E-state index in [9.17, 15) is 9.59 Å². The zero-order valence-corrected chi connectivity index (χ0v) is 11.8. The highest BCUT2D eigenvalue weighted by Crippen LogP contribution is 2.28. The normalized spacial score (nSPS) is 21.7. The Morgan fingerprint density at radius 3 is 2.90 bits per heavy atom. The average Bonchev–Trinajstić information content (AvgIpc) is 2.89. The number of carboxylic acid groups (broad SMARTS) is 1. The van der Waals surface area contributed by atoms with Gasteiger partial charge in [-0.25, -0.2) is 4.79 Å². The number of halogens is 1. The van der Waals surface area contributed by atoms with Gasteiger partial charge in [-0.05, 0) is 31.0 Å². The second kappa shape index (κ2) is 6.24. The van der Waals surface area contributed by atoms with Gasteiger partial charge in [0.2, 0.25) is 5.91 Å². The summed E-state index contributed by atoms with van der Waals surface area (Å²) in [5, 5.41) is 12.0. The first-order valence-corrected chi connectivity index (χ1v) is 6.86. The molecule has 0 aromatic heterocycles. The fourth-order valence-electron chi connectivity index (χ4n) is 2.33. The zero-order chi connectivity index (χ0) is 14.7. The topological polar surface area (TPSA) is 75.6 Å². The summed E-state index contributed by atoms with van der Waals surface area (Å²) in [7, 11) is 0. The largest absolute Gasteiger partial charge is 0.478 e. The molecule has 2 unspecified atom stereocenters. The van der Waals surface area contributed by atoms with Crippen LogP contribution in [0.15, 0.2) is 18.2 Å². The highest BCUT2D eigenvalue weighted by atomic mass is 35.5. The number of carbonyl (C=O) groups excluding carboxylic acids is 1. The molecule has 0 radical (unpaired) electrons. The van der Waals surface area contributed by atoms with E-state index in [4.69, 9.17) is 21.4 Å². The Morgan fingerprint density at radius 1 is 1.50 bits per heavy atom. The van der Waals surface area contributed by atoms with E-state index < -0.39 is 5.97 Å². The smallest absolute Gasteiger partial charge is 0.335 e. The number of amides is 1. The van der Waals surface area contributed by atoms with Crippen molar-refractivity contribution < 1.29 is 19.4 Å². The van der Waals surface area contributed by atoms with Gasteiger partial charge in [0.05, 0.1) is 28.3 Å². The molecule has 0 spiro atoms. The molecule has 108 valence electrons. The van der Waals surface area contributed by atoms with Crippen LogP contribution < -0.4 is 5.32 Å². The molecular formula is C14H16ClNO4. The fraction of sp³-hybridized carbons (Fsp3) is 0.429. The van der Waals surface area contributed by atoms with Crippen LogP contribution >= 0.6 is 11.6 Å². The number of ether oxygens (including phenoxy) is 1. The van der Waals surface area contributed by atoms with E-state index in [1.807, 2.05) is 6.92 Å². The number of nitrogens with one attached hydrogen (secondary N) is 1. The Hall–Kier alpha value is -1.59. The molecule has 1 fully saturated rings. The van der Waals surface area contributed by atoms with Crippen molar-refractivity contribution >= 4 is 29.2 Å². The zero-order valence-electron chi connectivity index (χ0n) is 11.1. The lowest BCUT2D eigenvalue weighted by Crippen LogP contribution is -2.29. The van der Waals surface area contributed by atoms with E-state index in [0.717, 1.165) is 6.42 Å². The van der Waals surface area contributed by atoms with Crippen LogP contribution in [-0.4, -0.2) is 29.7 Å². The minimum absolute atomic E-state index is 0.0828. The third-order valence-electron chi connectivity index (χ3n) is 3.42. The van der Waals surface area contributed by atoms with Gasteiger partial charge < -0.3 is 15.2 Å². The predicted molar refractivity (Wildman–Crippen MR) is 75.2 cm³/mol. The molecule has 6 heteroatoms. The minimum atomic E-state index is -1.06. The minimum Gasteiger partial charge on any atom is -0.478 e. The van der Waals surface area contributed by atoms with Crippen molar-refractivity contribution in [3.8, 4) is 0 Å². The Kier molecular flexibility index (Phi) is 4.62. The molecule has 2 N–H and O–H groups in total. The van der Waals surface area contributed by atoms with E-state index in [1.165, 1.54) is 18.2 Å². The van der Waals surface area contributed by atoms with E-state index in [-0.39, 0.29) is 23.5 Å². The third-order valence-corrected chi connectivity index (χ3v) is 3.75. The summed E-state index contributed by atoms with van der Waals surface area (Å²) in [4.78, 5) is 23.1. The van der Waals surface area contributed by atoms with E-state index in [2.05, 4.69) is 5.32 Å². The van der Waals surface area contributed by atoms with Crippen LogP contribution in [0.4, 0.5) is 5.69 Å². The number of hydrogen-bond acceptors (Lipinski definition) is 3. The number of aromatic carboxylic acids is 1. The van der Waals surface area contributed by atoms with Crippen molar-refractivity contribution in [2.45, 2.75) is 25.9 Å². The van der Waals surface area contributed by atoms with Gasteiger partial charge in [0.1, 0.15) is 0 Å². The quantitative estimate of drug-likeness (QED) is 0.896. The molecule has 1 amide bonds. The second-order valence-corrected chi connectivity index (χ2v) is 5.11. The van der Waals surface area contributed by atoms with Gasteiger partial charge in [-0.3, -0.25) is 4.79 Å². The van der Waals surface area contributed by atoms with Gasteiger partial charge in [0, 0.05) is 6.61 Å². The van der Waals surface area contributed by atoms with Gasteiger partial charge in [0.25, 0.3) is 0 Å². The third kappa shape index (κ3) is 3.11. The summed E-state index contributed by atoms with van der Waals surface area (Å²) in [6, 6.07) is 4.22. The molecule has 1 aromatic carbocycles. The molecule has 1 saturated heterocycles. The molecule has 0 bridgehead atoms. The number of rotatable bonds is 4. The van der Waals surface area contributed by atoms with Crippen molar-refractivity contribution in [3.63, 3.8) is 0 Å². The molecule has 1 aliphatic rings. The van der Waals surface area contributed by atoms with Crippen molar-refractivity contribution in [2.24, 2.45) is 5.92 Å². The van der Waals surface area contributed by atoms with Crippen LogP contribution in [0.3, 0.4) is 0 Å². The first-order valence-electron chi connectivity index (χ1n) is 6.48. The maximum Gasteiger partial charge on any atom is 0.335 e. The SMILES string of the molecule is CCC1OCCC1C(=O)Nc1cc(C(=O)O)ccc1Cl. The lowest BCUT2D eigenvalue weighted by molar-refractivity contribution is -0.121. The van der Waals surface area contributed by atoms with Gasteiger partial charge >= 0.3 is 5.97 Å². The van der Waals surface area contributed by atoms with E-state index in [0.29, 0.717) is 23.7 Å². The van der Waals surface area contributed by atoms with Crippen LogP contribution in [0.5, 0.6) is 0 Å². The molecule has 2 rings (SSSR count). The molecule has 1 aliphatic heterocycles. The standard InChI is InChI=1S/C14H16ClNO4/c1-2-12-9(5-6-20-12)13(17)16-11-7-8(14(18)19)3-4-10(11)15/h3-4,7,9,12H,2,5-6H2,1H3,(H,16,17)(H,18,19). The summed E-state index contributed by atoms with van der Waals surface area (Å²) in [5.74, 6) is -1.46. The van der Waals surface area contributed by atoms with Gasteiger partial charge in [-0.2, -0.15) is 0 Å². The monoisotopic (exact) mass is 297 g/mol. The predicted octanol–water partition coefficient (Wildman–Crippen LogP) is 2.79. The Bertz CT molecular complexity index is 532. The lowest BCUT2D eigenvalue weighted by Gasteiger charge is -2.17. The average molecular weight is 298 g/mol. The molecular weight excluding hydrogens is 282 g/mol. The molecule has 0 saturated carbocycles. The number of hydrogen-bond donors (Lipinski definition) is 2. The maximum atomic E-state index is 12.2. The van der Waals surface area contributed by atoms with Crippen molar-refractivity contribution in [1.82, 2.24) is 0 Å². The Morgan fingerprint density at radius 2 is 2.25 bits per heavy atom. The number of carbonyl (C=O) groups is 2. The van der Waals surface area contributed by atoms with Crippen LogP contribution in [0.25, 0.3) is 0 Å². The van der Waals surface area contributed by atoms with Crippen molar-refractivity contribution in [3.05, 3.63) is 28.8 Å². The van der Waals surface area contributed by atoms with E-state index >= 15 is 0 Å². The van der Waals surface area contributed by atoms with Gasteiger partial charge in [0.15, 0.2) is 0 Å². The second-order valence-electron chi connectivity index (χ2n) is 4.70. The van der Waals surface area contributed by atoms with E-state index in [1.54, 1.807) is 0 Å². The summed E-state index contributed by atoms with van der Waals surface area (Å²) in [6.07, 6.45) is 1.35. The Labute approximate surface area is 121 Å². The molecule has 5 nitrogen and oxygen atoms in total. The summed E-state index contributed by atoms with van der Waals surface area (Å²) in [5.41, 5.74) is 0.401. The van der Waals surface area contributed by atoms with Crippen LogP contribution in [-0.2, 0) is 9.53 Å². The summed E-state index contributed by atoms with van der Waals surface area (Å²) >= 11 is 5.98. The van der Waals surface area contributed by atoms with Gasteiger partial charge in [-0.1, -0.05) is 18.5 Å². The molecule has 2 atom stereocenters. The first-order chi connectivity index (χ1) is 9.52. The molecule has 1 heterocycles. The molecule has 0 aliphatic carbocycles. The van der Waals surface area contributed by atoms with Crippen LogP contribution in [0, 0.1) is 5.92 Å². The Balaban J connectivity index is 2.15.